The van der Waals surface area contributed by atoms with Crippen LogP contribution < -0.4 is 0 Å². The maximum absolute atomic E-state index is 6.07. The van der Waals surface area contributed by atoms with Gasteiger partial charge in [-0.2, -0.15) is 0 Å². The molecule has 0 N–H and O–H groups in total. The van der Waals surface area contributed by atoms with E-state index in [2.05, 4.69) is 0 Å². The van der Waals surface area contributed by atoms with Gasteiger partial charge in [0.05, 0.1) is 13.2 Å². The van der Waals surface area contributed by atoms with E-state index in [0.717, 1.165) is 16.7 Å². The van der Waals surface area contributed by atoms with Crippen LogP contribution in [0.5, 0.6) is 0 Å². The molecule has 0 aliphatic carbocycles. The van der Waals surface area contributed by atoms with Crippen LogP contribution in [0.15, 0.2) is 24.3 Å². The van der Waals surface area contributed by atoms with E-state index in [1.54, 1.807) is 0 Å². The highest BCUT2D eigenvalue weighted by molar-refractivity contribution is 7.46. The van der Waals surface area contributed by atoms with Gasteiger partial charge in [-0.25, -0.2) is 0 Å². The summed E-state index contributed by atoms with van der Waals surface area (Å²) in [6.07, 6.45) is 0.761. The Balaban J connectivity index is 2.60. The number of benzene rings is 1. The minimum Gasteiger partial charge on any atom is -0.334 e. The minimum atomic E-state index is -0.838. The van der Waals surface area contributed by atoms with Crippen molar-refractivity contribution >= 4 is 20.0 Å². The molecular formula is C11H16ClO2P. The molecule has 0 heterocycles. The second kappa shape index (κ2) is 7.19. The highest BCUT2D eigenvalue weighted by atomic mass is 35.5. The Bertz CT molecular complexity index is 288. The van der Waals surface area contributed by atoms with E-state index in [1.807, 2.05) is 38.1 Å². The van der Waals surface area contributed by atoms with Gasteiger partial charge in [-0.1, -0.05) is 29.8 Å². The Morgan fingerprint density at radius 2 is 1.73 bits per heavy atom. The van der Waals surface area contributed by atoms with Crippen molar-refractivity contribution in [2.24, 2.45) is 0 Å². The van der Waals surface area contributed by atoms with Crippen LogP contribution in [-0.4, -0.2) is 13.2 Å². The molecule has 4 heteroatoms. The van der Waals surface area contributed by atoms with Crippen LogP contribution in [0.2, 0.25) is 5.02 Å². The molecule has 0 radical (unpaired) electrons. The summed E-state index contributed by atoms with van der Waals surface area (Å²) in [4.78, 5) is 0. The molecule has 0 bridgehead atoms. The average molecular weight is 247 g/mol. The van der Waals surface area contributed by atoms with E-state index in [4.69, 9.17) is 20.6 Å². The third-order valence-electron chi connectivity index (χ3n) is 1.80. The van der Waals surface area contributed by atoms with Gasteiger partial charge in [0.1, 0.15) is 0 Å². The summed E-state index contributed by atoms with van der Waals surface area (Å²) in [5.41, 5.74) is 1.09. The van der Waals surface area contributed by atoms with E-state index >= 15 is 0 Å². The zero-order valence-electron chi connectivity index (χ0n) is 9.07. The van der Waals surface area contributed by atoms with Crippen LogP contribution >= 0.6 is 20.0 Å². The first kappa shape index (κ1) is 12.9. The molecule has 0 spiro atoms. The van der Waals surface area contributed by atoms with Crippen molar-refractivity contribution in [3.8, 4) is 0 Å². The van der Waals surface area contributed by atoms with E-state index in [9.17, 15) is 0 Å². The molecular weight excluding hydrogens is 231 g/mol. The fourth-order valence-corrected chi connectivity index (χ4v) is 2.86. The highest BCUT2D eigenvalue weighted by Crippen LogP contribution is 2.43. The van der Waals surface area contributed by atoms with E-state index < -0.39 is 8.38 Å². The molecule has 0 amide bonds. The van der Waals surface area contributed by atoms with Crippen LogP contribution in [0, 0.1) is 0 Å². The third-order valence-corrected chi connectivity index (χ3v) is 3.86. The van der Waals surface area contributed by atoms with Crippen molar-refractivity contribution < 1.29 is 9.05 Å². The van der Waals surface area contributed by atoms with Crippen LogP contribution in [-0.2, 0) is 15.2 Å². The van der Waals surface area contributed by atoms with E-state index in [-0.39, 0.29) is 0 Å². The Morgan fingerprint density at radius 3 is 2.27 bits per heavy atom. The van der Waals surface area contributed by atoms with Crippen molar-refractivity contribution in [2.75, 3.05) is 13.2 Å². The predicted molar refractivity (Wildman–Crippen MR) is 65.3 cm³/mol. The Kier molecular flexibility index (Phi) is 6.19. The molecule has 0 saturated carbocycles. The number of hydrogen-bond acceptors (Lipinski definition) is 2. The van der Waals surface area contributed by atoms with Crippen LogP contribution in [0.4, 0.5) is 0 Å². The Morgan fingerprint density at radius 1 is 1.13 bits per heavy atom. The topological polar surface area (TPSA) is 18.5 Å². The van der Waals surface area contributed by atoms with E-state index in [0.29, 0.717) is 13.2 Å². The molecule has 0 unspecified atom stereocenters. The molecule has 0 aliphatic heterocycles. The summed E-state index contributed by atoms with van der Waals surface area (Å²) < 4.78 is 11.1. The van der Waals surface area contributed by atoms with Crippen molar-refractivity contribution in [3.05, 3.63) is 34.9 Å². The monoisotopic (exact) mass is 246 g/mol. The SMILES string of the molecule is CCOP(Cc1ccccc1Cl)OCC. The number of rotatable bonds is 6. The fraction of sp³-hybridized carbons (Fsp3) is 0.455. The van der Waals surface area contributed by atoms with Gasteiger partial charge in [-0.15, -0.1) is 0 Å². The summed E-state index contributed by atoms with van der Waals surface area (Å²) in [6.45, 7) is 5.30. The van der Waals surface area contributed by atoms with Gasteiger partial charge < -0.3 is 9.05 Å². The molecule has 1 aromatic rings. The third kappa shape index (κ3) is 4.48. The molecule has 15 heavy (non-hydrogen) atoms. The van der Waals surface area contributed by atoms with Gasteiger partial charge in [0.25, 0.3) is 0 Å². The second-order valence-corrected chi connectivity index (χ2v) is 4.82. The van der Waals surface area contributed by atoms with Gasteiger partial charge in [-0.05, 0) is 25.5 Å². The summed E-state index contributed by atoms with van der Waals surface area (Å²) >= 11 is 6.07. The highest BCUT2D eigenvalue weighted by Gasteiger charge is 2.11. The normalized spacial score (nSPS) is 10.9. The summed E-state index contributed by atoms with van der Waals surface area (Å²) in [7, 11) is -0.838. The lowest BCUT2D eigenvalue weighted by atomic mass is 10.2. The maximum Gasteiger partial charge on any atom is 0.175 e. The standard InChI is InChI=1S/C11H16ClO2P/c1-3-13-15(14-4-2)9-10-7-5-6-8-11(10)12/h5-8H,3-4,9H2,1-2H3. The minimum absolute atomic E-state index is 0.677. The van der Waals surface area contributed by atoms with Gasteiger partial charge in [0, 0.05) is 11.2 Å². The lowest BCUT2D eigenvalue weighted by molar-refractivity contribution is 0.268. The van der Waals surface area contributed by atoms with Crippen molar-refractivity contribution in [1.29, 1.82) is 0 Å². The number of hydrogen-bond donors (Lipinski definition) is 0. The summed E-state index contributed by atoms with van der Waals surface area (Å²) in [5, 5.41) is 0.782. The molecule has 2 nitrogen and oxygen atoms in total. The molecule has 0 atom stereocenters. The van der Waals surface area contributed by atoms with Crippen LogP contribution in [0.25, 0.3) is 0 Å². The van der Waals surface area contributed by atoms with Crippen molar-refractivity contribution in [2.45, 2.75) is 20.0 Å². The smallest absolute Gasteiger partial charge is 0.175 e. The van der Waals surface area contributed by atoms with Gasteiger partial charge in [0.2, 0.25) is 0 Å². The quantitative estimate of drug-likeness (QED) is 0.700. The largest absolute Gasteiger partial charge is 0.334 e. The molecule has 0 fully saturated rings. The summed E-state index contributed by atoms with van der Waals surface area (Å²) in [6, 6.07) is 7.81. The summed E-state index contributed by atoms with van der Waals surface area (Å²) in [5.74, 6) is 0. The zero-order valence-corrected chi connectivity index (χ0v) is 10.7. The van der Waals surface area contributed by atoms with Crippen molar-refractivity contribution in [3.63, 3.8) is 0 Å². The Labute approximate surface area is 97.5 Å². The molecule has 84 valence electrons. The lowest BCUT2D eigenvalue weighted by Gasteiger charge is -2.16. The molecule has 0 saturated heterocycles. The predicted octanol–water partition coefficient (Wildman–Crippen LogP) is 4.22. The lowest BCUT2D eigenvalue weighted by Crippen LogP contribution is -1.94. The molecule has 0 aliphatic rings. The first-order valence-electron chi connectivity index (χ1n) is 5.04. The van der Waals surface area contributed by atoms with Gasteiger partial charge in [-0.3, -0.25) is 0 Å². The first-order valence-corrected chi connectivity index (χ1v) is 6.78. The van der Waals surface area contributed by atoms with Crippen LogP contribution in [0.1, 0.15) is 19.4 Å². The molecule has 0 aromatic heterocycles. The molecule has 1 aromatic carbocycles. The molecule has 1 rings (SSSR count). The average Bonchev–Trinajstić information content (AvgIpc) is 2.22. The van der Waals surface area contributed by atoms with Crippen LogP contribution in [0.3, 0.4) is 0 Å². The number of halogens is 1. The second-order valence-electron chi connectivity index (χ2n) is 2.92. The first-order chi connectivity index (χ1) is 7.27. The van der Waals surface area contributed by atoms with Gasteiger partial charge in [0.15, 0.2) is 8.38 Å². The van der Waals surface area contributed by atoms with Crippen molar-refractivity contribution in [1.82, 2.24) is 0 Å². The van der Waals surface area contributed by atoms with Gasteiger partial charge >= 0.3 is 0 Å². The fourth-order valence-electron chi connectivity index (χ4n) is 1.18. The Hall–Kier alpha value is -0.140. The van der Waals surface area contributed by atoms with E-state index in [1.165, 1.54) is 0 Å². The zero-order chi connectivity index (χ0) is 11.1. The maximum atomic E-state index is 6.07.